The van der Waals surface area contributed by atoms with Crippen LogP contribution in [-0.4, -0.2) is 34.2 Å². The first-order valence-corrected chi connectivity index (χ1v) is 8.82. The van der Waals surface area contributed by atoms with Crippen LogP contribution in [-0.2, 0) is 11.8 Å². The zero-order valence-electron chi connectivity index (χ0n) is 15.5. The number of aryl methyl sites for hydroxylation is 1. The summed E-state index contributed by atoms with van der Waals surface area (Å²) in [5.74, 6) is -0.313. The average Bonchev–Trinajstić information content (AvgIpc) is 3.03. The van der Waals surface area contributed by atoms with Gasteiger partial charge in [0, 0.05) is 54.0 Å². The van der Waals surface area contributed by atoms with Crippen molar-refractivity contribution < 1.29 is 9.53 Å². The number of carbonyl (C=O) groups is 1. The fourth-order valence-electron chi connectivity index (χ4n) is 3.33. The van der Waals surface area contributed by atoms with Crippen LogP contribution in [0.2, 0.25) is 0 Å². The minimum atomic E-state index is -0.313. The molecule has 0 atom stereocenters. The largest absolute Gasteiger partial charge is 0.461 e. The van der Waals surface area contributed by atoms with Crippen molar-refractivity contribution in [3.05, 3.63) is 54.5 Å². The highest BCUT2D eigenvalue weighted by Crippen LogP contribution is 2.30. The van der Waals surface area contributed by atoms with Crippen LogP contribution < -0.4 is 5.32 Å². The van der Waals surface area contributed by atoms with Crippen molar-refractivity contribution in [2.24, 2.45) is 7.05 Å². The van der Waals surface area contributed by atoms with E-state index in [9.17, 15) is 4.79 Å². The smallest absolute Gasteiger partial charge is 0.354 e. The molecular formula is C21H20N4O2. The highest BCUT2D eigenvalue weighted by Gasteiger charge is 2.15. The lowest BCUT2D eigenvalue weighted by molar-refractivity contribution is 0.0516. The molecule has 0 aliphatic heterocycles. The third-order valence-corrected chi connectivity index (χ3v) is 4.70. The van der Waals surface area contributed by atoms with Crippen LogP contribution in [0.3, 0.4) is 0 Å². The van der Waals surface area contributed by atoms with Gasteiger partial charge in [0.15, 0.2) is 0 Å². The van der Waals surface area contributed by atoms with Crippen molar-refractivity contribution in [1.29, 1.82) is 0 Å². The molecular weight excluding hydrogens is 340 g/mol. The first-order chi connectivity index (χ1) is 13.1. The Morgan fingerprint density at radius 3 is 2.85 bits per heavy atom. The second-order valence-electron chi connectivity index (χ2n) is 6.28. The fraction of sp³-hybridized carbons (Fsp3) is 0.190. The quantitative estimate of drug-likeness (QED) is 0.557. The van der Waals surface area contributed by atoms with Gasteiger partial charge in [-0.15, -0.1) is 0 Å². The van der Waals surface area contributed by atoms with E-state index in [4.69, 9.17) is 9.72 Å². The van der Waals surface area contributed by atoms with Crippen LogP contribution in [0.25, 0.3) is 33.1 Å². The number of hydrogen-bond acceptors (Lipinski definition) is 5. The van der Waals surface area contributed by atoms with E-state index < -0.39 is 0 Å². The fourth-order valence-corrected chi connectivity index (χ4v) is 3.33. The van der Waals surface area contributed by atoms with Gasteiger partial charge in [0.05, 0.1) is 17.8 Å². The molecule has 27 heavy (non-hydrogen) atoms. The number of ether oxygens (including phenoxy) is 1. The molecule has 0 radical (unpaired) electrons. The Labute approximate surface area is 156 Å². The van der Waals surface area contributed by atoms with Gasteiger partial charge in [-0.3, -0.25) is 4.98 Å². The van der Waals surface area contributed by atoms with Crippen molar-refractivity contribution in [1.82, 2.24) is 14.5 Å². The van der Waals surface area contributed by atoms with Gasteiger partial charge in [0.25, 0.3) is 0 Å². The standard InChI is InChI=1S/C21H20N4O2/c1-4-27-21(26)20-10-14-9-13(5-6-19(14)25(20)3)17-11-18(22-2)15-12-23-8-7-16(15)24-17/h5-12H,4H2,1-3H3,(H,22,24). The number of fused-ring (bicyclic) bond motifs is 2. The van der Waals surface area contributed by atoms with Crippen molar-refractivity contribution in [2.75, 3.05) is 19.0 Å². The van der Waals surface area contributed by atoms with Gasteiger partial charge in [0.2, 0.25) is 0 Å². The molecule has 1 N–H and O–H groups in total. The Balaban J connectivity index is 1.85. The molecule has 0 bridgehead atoms. The summed E-state index contributed by atoms with van der Waals surface area (Å²) in [4.78, 5) is 21.1. The van der Waals surface area contributed by atoms with Crippen molar-refractivity contribution in [2.45, 2.75) is 6.92 Å². The number of carbonyl (C=O) groups excluding carboxylic acids is 1. The highest BCUT2D eigenvalue weighted by molar-refractivity contribution is 5.98. The maximum atomic E-state index is 12.2. The predicted octanol–water partition coefficient (Wildman–Crippen LogP) is 4.01. The topological polar surface area (TPSA) is 69.0 Å². The SMILES string of the molecule is CCOC(=O)c1cc2cc(-c3cc(NC)c4cnccc4n3)ccc2n1C. The molecule has 6 nitrogen and oxygen atoms in total. The van der Waals surface area contributed by atoms with Crippen molar-refractivity contribution >= 4 is 33.5 Å². The van der Waals surface area contributed by atoms with E-state index in [0.29, 0.717) is 12.3 Å². The predicted molar refractivity (Wildman–Crippen MR) is 107 cm³/mol. The molecule has 0 unspecified atom stereocenters. The monoisotopic (exact) mass is 360 g/mol. The van der Waals surface area contributed by atoms with Crippen LogP contribution >= 0.6 is 0 Å². The number of aromatic nitrogens is 3. The zero-order chi connectivity index (χ0) is 19.0. The highest BCUT2D eigenvalue weighted by atomic mass is 16.5. The lowest BCUT2D eigenvalue weighted by Gasteiger charge is -2.09. The number of esters is 1. The lowest BCUT2D eigenvalue weighted by atomic mass is 10.1. The van der Waals surface area contributed by atoms with Crippen LogP contribution in [0.5, 0.6) is 0 Å². The second kappa shape index (κ2) is 6.72. The van der Waals surface area contributed by atoms with E-state index in [1.54, 1.807) is 13.1 Å². The van der Waals surface area contributed by atoms with Crippen molar-refractivity contribution in [3.8, 4) is 11.3 Å². The number of anilines is 1. The zero-order valence-corrected chi connectivity index (χ0v) is 15.5. The maximum Gasteiger partial charge on any atom is 0.354 e. The average molecular weight is 360 g/mol. The molecule has 3 heterocycles. The molecule has 6 heteroatoms. The lowest BCUT2D eigenvalue weighted by Crippen LogP contribution is -2.09. The molecule has 0 saturated carbocycles. The molecule has 0 aliphatic rings. The molecule has 4 rings (SSSR count). The molecule has 3 aromatic heterocycles. The number of benzene rings is 1. The third-order valence-electron chi connectivity index (χ3n) is 4.70. The van der Waals surface area contributed by atoms with Gasteiger partial charge in [-0.2, -0.15) is 0 Å². The Morgan fingerprint density at radius 1 is 1.22 bits per heavy atom. The summed E-state index contributed by atoms with van der Waals surface area (Å²) >= 11 is 0. The van der Waals surface area contributed by atoms with Crippen molar-refractivity contribution in [3.63, 3.8) is 0 Å². The summed E-state index contributed by atoms with van der Waals surface area (Å²) in [5, 5.41) is 5.17. The minimum Gasteiger partial charge on any atom is -0.461 e. The van der Waals surface area contributed by atoms with Gasteiger partial charge >= 0.3 is 5.97 Å². The van der Waals surface area contributed by atoms with Gasteiger partial charge in [-0.05, 0) is 37.3 Å². The Kier molecular flexibility index (Phi) is 4.24. The molecule has 0 saturated heterocycles. The molecule has 0 amide bonds. The summed E-state index contributed by atoms with van der Waals surface area (Å²) < 4.78 is 7.00. The Bertz CT molecular complexity index is 1160. The molecule has 136 valence electrons. The number of hydrogen-bond donors (Lipinski definition) is 1. The van der Waals surface area contributed by atoms with Gasteiger partial charge in [-0.25, -0.2) is 9.78 Å². The van der Waals surface area contributed by atoms with Crippen LogP contribution in [0, 0.1) is 0 Å². The normalized spacial score (nSPS) is 11.1. The summed E-state index contributed by atoms with van der Waals surface area (Å²) in [6, 6.07) is 11.9. The summed E-state index contributed by atoms with van der Waals surface area (Å²) in [6.45, 7) is 2.16. The van der Waals surface area contributed by atoms with E-state index >= 15 is 0 Å². The maximum absolute atomic E-state index is 12.2. The second-order valence-corrected chi connectivity index (χ2v) is 6.28. The Hall–Kier alpha value is -3.41. The van der Waals surface area contributed by atoms with Crippen LogP contribution in [0.1, 0.15) is 17.4 Å². The summed E-state index contributed by atoms with van der Waals surface area (Å²) in [6.07, 6.45) is 3.55. The first kappa shape index (κ1) is 17.0. The van der Waals surface area contributed by atoms with Crippen LogP contribution in [0.4, 0.5) is 5.69 Å². The van der Waals surface area contributed by atoms with E-state index in [-0.39, 0.29) is 5.97 Å². The van der Waals surface area contributed by atoms with Gasteiger partial charge < -0.3 is 14.6 Å². The summed E-state index contributed by atoms with van der Waals surface area (Å²) in [5.41, 5.74) is 5.22. The van der Waals surface area contributed by atoms with E-state index in [0.717, 1.165) is 38.8 Å². The van der Waals surface area contributed by atoms with Gasteiger partial charge in [0.1, 0.15) is 5.69 Å². The van der Waals surface area contributed by atoms with Gasteiger partial charge in [-0.1, -0.05) is 6.07 Å². The number of pyridine rings is 2. The molecule has 0 spiro atoms. The molecule has 4 aromatic rings. The minimum absolute atomic E-state index is 0.313. The number of nitrogens with zero attached hydrogens (tertiary/aromatic N) is 3. The molecule has 0 aliphatic carbocycles. The number of rotatable bonds is 4. The first-order valence-electron chi connectivity index (χ1n) is 8.82. The van der Waals surface area contributed by atoms with E-state index in [1.165, 1.54) is 0 Å². The van der Waals surface area contributed by atoms with E-state index in [2.05, 4.69) is 10.3 Å². The van der Waals surface area contributed by atoms with Crippen LogP contribution in [0.15, 0.2) is 48.8 Å². The van der Waals surface area contributed by atoms with E-state index in [1.807, 2.05) is 61.3 Å². The Morgan fingerprint density at radius 2 is 2.07 bits per heavy atom. The third kappa shape index (κ3) is 2.89. The molecule has 0 fully saturated rings. The molecule has 1 aromatic carbocycles. The summed E-state index contributed by atoms with van der Waals surface area (Å²) in [7, 11) is 3.76. The number of nitrogens with one attached hydrogen (secondary N) is 1.